The second-order valence-corrected chi connectivity index (χ2v) is 6.30. The summed E-state index contributed by atoms with van der Waals surface area (Å²) in [5, 5.41) is 11.8. The summed E-state index contributed by atoms with van der Waals surface area (Å²) in [6.07, 6.45) is 0. The first-order chi connectivity index (χ1) is 6.63. The molecular formula is C9H10Br2N2S. The summed E-state index contributed by atoms with van der Waals surface area (Å²) >= 11 is 8.57. The van der Waals surface area contributed by atoms with E-state index in [0.717, 1.165) is 21.3 Å². The van der Waals surface area contributed by atoms with Crippen LogP contribution in [0, 0.1) is 17.2 Å². The Morgan fingerprint density at radius 3 is 2.86 bits per heavy atom. The summed E-state index contributed by atoms with van der Waals surface area (Å²) in [5.41, 5.74) is 0. The van der Waals surface area contributed by atoms with Gasteiger partial charge in [0.2, 0.25) is 0 Å². The van der Waals surface area contributed by atoms with Gasteiger partial charge in [-0.25, -0.2) is 0 Å². The van der Waals surface area contributed by atoms with E-state index in [2.05, 4.69) is 49.3 Å². The van der Waals surface area contributed by atoms with Gasteiger partial charge in [-0.15, -0.1) is 11.3 Å². The molecule has 1 heterocycles. The first-order valence-electron chi connectivity index (χ1n) is 4.17. The minimum Gasteiger partial charge on any atom is -0.311 e. The monoisotopic (exact) mass is 336 g/mol. The molecule has 5 heteroatoms. The van der Waals surface area contributed by atoms with E-state index in [1.807, 2.05) is 6.92 Å². The van der Waals surface area contributed by atoms with Crippen LogP contribution in [0.5, 0.6) is 0 Å². The summed E-state index contributed by atoms with van der Waals surface area (Å²) < 4.78 is 2.20. The zero-order valence-corrected chi connectivity index (χ0v) is 11.7. The van der Waals surface area contributed by atoms with Crippen molar-refractivity contribution in [1.82, 2.24) is 5.32 Å². The van der Waals surface area contributed by atoms with Crippen LogP contribution in [0.25, 0.3) is 0 Å². The van der Waals surface area contributed by atoms with Gasteiger partial charge in [0.25, 0.3) is 0 Å². The lowest BCUT2D eigenvalue weighted by atomic mass is 10.2. The molecule has 1 unspecified atom stereocenters. The number of nitrogens with zero attached hydrogens (tertiary/aromatic N) is 1. The predicted octanol–water partition coefficient (Wildman–Crippen LogP) is 3.52. The van der Waals surface area contributed by atoms with E-state index in [1.165, 1.54) is 4.88 Å². The molecule has 0 saturated heterocycles. The molecule has 76 valence electrons. The van der Waals surface area contributed by atoms with Crippen molar-refractivity contribution in [2.24, 2.45) is 5.92 Å². The van der Waals surface area contributed by atoms with Crippen LogP contribution in [0.15, 0.2) is 14.3 Å². The first kappa shape index (κ1) is 12.2. The van der Waals surface area contributed by atoms with Crippen molar-refractivity contribution >= 4 is 43.2 Å². The largest absolute Gasteiger partial charge is 0.311 e. The zero-order chi connectivity index (χ0) is 10.6. The van der Waals surface area contributed by atoms with E-state index >= 15 is 0 Å². The number of hydrogen-bond donors (Lipinski definition) is 1. The molecule has 0 aliphatic heterocycles. The SMILES string of the molecule is CC(C#N)CNCc1cc(Br)c(Br)s1. The smallest absolute Gasteiger partial charge is 0.0843 e. The van der Waals surface area contributed by atoms with Gasteiger partial charge in [-0.3, -0.25) is 0 Å². The maximum Gasteiger partial charge on any atom is 0.0843 e. The van der Waals surface area contributed by atoms with Gasteiger partial charge in [0.15, 0.2) is 0 Å². The van der Waals surface area contributed by atoms with E-state index in [-0.39, 0.29) is 5.92 Å². The van der Waals surface area contributed by atoms with E-state index in [0.29, 0.717) is 0 Å². The van der Waals surface area contributed by atoms with Crippen molar-refractivity contribution in [3.63, 3.8) is 0 Å². The highest BCUT2D eigenvalue weighted by atomic mass is 79.9. The fourth-order valence-corrected chi connectivity index (χ4v) is 3.08. The van der Waals surface area contributed by atoms with Crippen LogP contribution in [0.3, 0.4) is 0 Å². The van der Waals surface area contributed by atoms with Gasteiger partial charge >= 0.3 is 0 Å². The van der Waals surface area contributed by atoms with Gasteiger partial charge < -0.3 is 5.32 Å². The highest BCUT2D eigenvalue weighted by molar-refractivity contribution is 9.13. The molecule has 1 aromatic rings. The molecule has 0 radical (unpaired) electrons. The molecule has 14 heavy (non-hydrogen) atoms. The van der Waals surface area contributed by atoms with Gasteiger partial charge in [0, 0.05) is 22.4 Å². The van der Waals surface area contributed by atoms with E-state index in [1.54, 1.807) is 11.3 Å². The Kier molecular flexibility index (Phi) is 5.10. The van der Waals surface area contributed by atoms with E-state index in [4.69, 9.17) is 5.26 Å². The molecule has 0 fully saturated rings. The van der Waals surface area contributed by atoms with Gasteiger partial charge in [0.05, 0.1) is 15.8 Å². The zero-order valence-electron chi connectivity index (χ0n) is 7.68. The van der Waals surface area contributed by atoms with Crippen LogP contribution in [0.2, 0.25) is 0 Å². The van der Waals surface area contributed by atoms with Gasteiger partial charge in [-0.05, 0) is 44.8 Å². The fraction of sp³-hybridized carbons (Fsp3) is 0.444. The molecule has 0 saturated carbocycles. The lowest BCUT2D eigenvalue weighted by Gasteiger charge is -2.03. The van der Waals surface area contributed by atoms with Crippen LogP contribution < -0.4 is 5.32 Å². The highest BCUT2D eigenvalue weighted by Gasteiger charge is 2.04. The number of hydrogen-bond acceptors (Lipinski definition) is 3. The van der Waals surface area contributed by atoms with Crippen molar-refractivity contribution in [2.45, 2.75) is 13.5 Å². The summed E-state index contributed by atoms with van der Waals surface area (Å²) in [6, 6.07) is 4.27. The molecule has 1 N–H and O–H groups in total. The Hall–Kier alpha value is 0.110. The van der Waals surface area contributed by atoms with Gasteiger partial charge in [0.1, 0.15) is 0 Å². The average Bonchev–Trinajstić information content (AvgIpc) is 2.46. The number of rotatable bonds is 4. The van der Waals surface area contributed by atoms with Gasteiger partial charge in [-0.2, -0.15) is 5.26 Å². The lowest BCUT2D eigenvalue weighted by Crippen LogP contribution is -2.19. The predicted molar refractivity (Wildman–Crippen MR) is 66.2 cm³/mol. The lowest BCUT2D eigenvalue weighted by molar-refractivity contribution is 0.605. The van der Waals surface area contributed by atoms with Crippen LogP contribution in [0.4, 0.5) is 0 Å². The second-order valence-electron chi connectivity index (χ2n) is 3.00. The third-order valence-electron chi connectivity index (χ3n) is 1.67. The minimum atomic E-state index is 0.0712. The van der Waals surface area contributed by atoms with Crippen molar-refractivity contribution in [2.75, 3.05) is 6.54 Å². The normalized spacial score (nSPS) is 12.4. The Balaban J connectivity index is 2.36. The molecule has 0 aromatic carbocycles. The Morgan fingerprint density at radius 2 is 2.36 bits per heavy atom. The Bertz CT molecular complexity index is 324. The number of nitriles is 1. The van der Waals surface area contributed by atoms with Crippen molar-refractivity contribution in [1.29, 1.82) is 5.26 Å². The molecule has 0 bridgehead atoms. The van der Waals surface area contributed by atoms with E-state index < -0.39 is 0 Å². The Morgan fingerprint density at radius 1 is 1.64 bits per heavy atom. The summed E-state index contributed by atoms with van der Waals surface area (Å²) in [7, 11) is 0. The third-order valence-corrected chi connectivity index (χ3v) is 4.92. The van der Waals surface area contributed by atoms with Crippen LogP contribution in [0.1, 0.15) is 11.8 Å². The maximum atomic E-state index is 8.58. The summed E-state index contributed by atoms with van der Waals surface area (Å²) in [6.45, 7) is 3.47. The molecule has 0 aliphatic rings. The number of thiophene rings is 1. The third kappa shape index (κ3) is 3.70. The van der Waals surface area contributed by atoms with Crippen molar-refractivity contribution in [3.05, 3.63) is 19.2 Å². The minimum absolute atomic E-state index is 0.0712. The summed E-state index contributed by atoms with van der Waals surface area (Å²) in [4.78, 5) is 1.26. The first-order valence-corrected chi connectivity index (χ1v) is 6.57. The average molecular weight is 338 g/mol. The van der Waals surface area contributed by atoms with Crippen LogP contribution in [-0.2, 0) is 6.54 Å². The molecule has 0 spiro atoms. The fourth-order valence-electron chi connectivity index (χ4n) is 0.936. The van der Waals surface area contributed by atoms with Crippen LogP contribution in [-0.4, -0.2) is 6.54 Å². The van der Waals surface area contributed by atoms with Crippen LogP contribution >= 0.6 is 43.2 Å². The standard InChI is InChI=1S/C9H10Br2N2S/c1-6(3-12)4-13-5-7-2-8(10)9(11)14-7/h2,6,13H,4-5H2,1H3. The molecular weight excluding hydrogens is 328 g/mol. The molecule has 0 amide bonds. The highest BCUT2D eigenvalue weighted by Crippen LogP contribution is 2.32. The van der Waals surface area contributed by atoms with Gasteiger partial charge in [-0.1, -0.05) is 0 Å². The van der Waals surface area contributed by atoms with E-state index in [9.17, 15) is 0 Å². The topological polar surface area (TPSA) is 35.8 Å². The second kappa shape index (κ2) is 5.86. The summed E-state index contributed by atoms with van der Waals surface area (Å²) in [5.74, 6) is 0.0712. The molecule has 1 rings (SSSR count). The molecule has 1 atom stereocenters. The Labute approximate surface area is 105 Å². The van der Waals surface area contributed by atoms with Crippen molar-refractivity contribution in [3.8, 4) is 6.07 Å². The molecule has 1 aromatic heterocycles. The number of halogens is 2. The maximum absolute atomic E-state index is 8.58. The van der Waals surface area contributed by atoms with Crippen molar-refractivity contribution < 1.29 is 0 Å². The molecule has 0 aliphatic carbocycles. The molecule has 2 nitrogen and oxygen atoms in total. The number of nitrogens with one attached hydrogen (secondary N) is 1. The quantitative estimate of drug-likeness (QED) is 0.912.